The Kier molecular flexibility index (Phi) is 7.79. The number of nitrogens with one attached hydrogen (secondary N) is 1. The second kappa shape index (κ2) is 11.6. The molecule has 0 bridgehead atoms. The first-order chi connectivity index (χ1) is 19.4. The number of anilines is 1. The summed E-state index contributed by atoms with van der Waals surface area (Å²) in [6.45, 7) is 4.91. The average Bonchev–Trinajstić information content (AvgIpc) is 3.32. The largest absolute Gasteiger partial charge is 0.491 e. The van der Waals surface area contributed by atoms with Crippen molar-refractivity contribution in [1.29, 1.82) is 0 Å². The minimum atomic E-state index is -0.566. The number of methoxy groups -OCH3 is 1. The fourth-order valence-electron chi connectivity index (χ4n) is 5.14. The highest BCUT2D eigenvalue weighted by molar-refractivity contribution is 6.01. The van der Waals surface area contributed by atoms with Crippen molar-refractivity contribution in [1.82, 2.24) is 4.98 Å². The second-order valence-corrected chi connectivity index (χ2v) is 9.64. The van der Waals surface area contributed by atoms with Gasteiger partial charge in [-0.2, -0.15) is 0 Å². The molecule has 204 valence electrons. The van der Waals surface area contributed by atoms with Crippen molar-refractivity contribution >= 4 is 17.7 Å². The molecule has 0 unspecified atom stereocenters. The maximum absolute atomic E-state index is 12.6. The standard InChI is InChI=1S/C32H31N3O5/c1-19-24(10-7-11-27(19)35-32(37)40-18-21-8-5-4-6-9-21)28-20(2)34-30(31(33)36)26-17-22-16-23(39-15-14-38-3)12-13-25(22)29(26)28/h4-13,16H,14-15,17-18H2,1-3H3,(H2,33,36)(H,35,37). The lowest BCUT2D eigenvalue weighted by Gasteiger charge is -2.19. The summed E-state index contributed by atoms with van der Waals surface area (Å²) in [7, 11) is 1.63. The summed E-state index contributed by atoms with van der Waals surface area (Å²) in [6.07, 6.45) is -0.0346. The number of amides is 2. The fourth-order valence-corrected chi connectivity index (χ4v) is 5.14. The molecule has 5 rings (SSSR count). The maximum Gasteiger partial charge on any atom is 0.411 e. The number of aryl methyl sites for hydroxylation is 1. The van der Waals surface area contributed by atoms with Crippen molar-refractivity contribution < 1.29 is 23.8 Å². The third kappa shape index (κ3) is 5.39. The number of nitrogens with two attached hydrogens (primary N) is 1. The van der Waals surface area contributed by atoms with Gasteiger partial charge in [0.2, 0.25) is 0 Å². The van der Waals surface area contributed by atoms with Crippen molar-refractivity contribution in [3.05, 3.63) is 100 Å². The highest BCUT2D eigenvalue weighted by Gasteiger charge is 2.30. The molecule has 4 aromatic rings. The quantitative estimate of drug-likeness (QED) is 0.230. The van der Waals surface area contributed by atoms with Gasteiger partial charge in [0.1, 0.15) is 24.7 Å². The smallest absolute Gasteiger partial charge is 0.411 e. The van der Waals surface area contributed by atoms with E-state index in [2.05, 4.69) is 10.3 Å². The number of carbonyl (C=O) groups excluding carboxylic acids is 2. The van der Waals surface area contributed by atoms with Crippen LogP contribution in [0, 0.1) is 13.8 Å². The zero-order valence-electron chi connectivity index (χ0n) is 22.7. The molecule has 0 atom stereocenters. The van der Waals surface area contributed by atoms with Crippen LogP contribution in [0.1, 0.15) is 38.4 Å². The van der Waals surface area contributed by atoms with Crippen LogP contribution >= 0.6 is 0 Å². The molecule has 1 aliphatic rings. The van der Waals surface area contributed by atoms with Gasteiger partial charge in [0.25, 0.3) is 5.91 Å². The minimum Gasteiger partial charge on any atom is -0.491 e. The molecule has 8 heteroatoms. The number of benzene rings is 3. The number of primary amides is 1. The van der Waals surface area contributed by atoms with Crippen molar-refractivity contribution in [3.63, 3.8) is 0 Å². The Balaban J connectivity index is 1.51. The van der Waals surface area contributed by atoms with Crippen LogP contribution in [0.2, 0.25) is 0 Å². The number of ether oxygens (including phenoxy) is 3. The molecule has 40 heavy (non-hydrogen) atoms. The topological polar surface area (TPSA) is 113 Å². The average molecular weight is 538 g/mol. The molecule has 1 heterocycles. The lowest BCUT2D eigenvalue weighted by atomic mass is 9.89. The highest BCUT2D eigenvalue weighted by atomic mass is 16.5. The van der Waals surface area contributed by atoms with Crippen LogP contribution in [0.3, 0.4) is 0 Å². The van der Waals surface area contributed by atoms with Gasteiger partial charge < -0.3 is 19.9 Å². The Labute approximate surface area is 233 Å². The number of hydrogen-bond acceptors (Lipinski definition) is 6. The van der Waals surface area contributed by atoms with Crippen LogP contribution in [0.25, 0.3) is 22.3 Å². The first-order valence-corrected chi connectivity index (χ1v) is 13.0. The van der Waals surface area contributed by atoms with Gasteiger partial charge in [0.05, 0.1) is 6.61 Å². The van der Waals surface area contributed by atoms with Crippen LogP contribution in [0.4, 0.5) is 10.5 Å². The Morgan fingerprint density at radius 3 is 2.50 bits per heavy atom. The number of nitrogens with zero attached hydrogens (tertiary/aromatic N) is 1. The van der Waals surface area contributed by atoms with Crippen LogP contribution in [0.15, 0.2) is 66.7 Å². The first-order valence-electron chi connectivity index (χ1n) is 13.0. The van der Waals surface area contributed by atoms with Crippen LogP contribution in [-0.4, -0.2) is 37.3 Å². The summed E-state index contributed by atoms with van der Waals surface area (Å²) in [5.41, 5.74) is 14.6. The second-order valence-electron chi connectivity index (χ2n) is 9.64. The molecular weight excluding hydrogens is 506 g/mol. The molecule has 3 aromatic carbocycles. The van der Waals surface area contributed by atoms with E-state index in [0.29, 0.717) is 31.0 Å². The molecule has 1 aliphatic carbocycles. The normalized spacial score (nSPS) is 11.5. The number of pyridine rings is 1. The predicted molar refractivity (Wildman–Crippen MR) is 154 cm³/mol. The fraction of sp³-hybridized carbons (Fsp3) is 0.219. The number of rotatable bonds is 9. The van der Waals surface area contributed by atoms with E-state index in [1.165, 1.54) is 0 Å². The SMILES string of the molecule is COCCOc1ccc2c(c1)Cc1c(C(N)=O)nc(C)c(-c3cccc(NC(=O)OCc4ccccc4)c3C)c1-2. The predicted octanol–water partition coefficient (Wildman–Crippen LogP) is 5.81. The summed E-state index contributed by atoms with van der Waals surface area (Å²) in [5.74, 6) is 0.162. The Morgan fingerprint density at radius 2 is 1.75 bits per heavy atom. The van der Waals surface area contributed by atoms with Gasteiger partial charge in [0, 0.05) is 30.5 Å². The molecule has 0 spiro atoms. The van der Waals surface area contributed by atoms with Crippen molar-refractivity contribution in [2.24, 2.45) is 5.73 Å². The van der Waals surface area contributed by atoms with E-state index in [4.69, 9.17) is 19.9 Å². The molecule has 1 aromatic heterocycles. The van der Waals surface area contributed by atoms with E-state index < -0.39 is 12.0 Å². The molecule has 0 saturated heterocycles. The van der Waals surface area contributed by atoms with E-state index in [9.17, 15) is 9.59 Å². The van der Waals surface area contributed by atoms with Crippen LogP contribution < -0.4 is 15.8 Å². The lowest BCUT2D eigenvalue weighted by Crippen LogP contribution is -2.17. The Hall–Kier alpha value is -4.69. The molecule has 8 nitrogen and oxygen atoms in total. The summed E-state index contributed by atoms with van der Waals surface area (Å²) >= 11 is 0. The number of fused-ring (bicyclic) bond motifs is 3. The van der Waals surface area contributed by atoms with Gasteiger partial charge in [-0.3, -0.25) is 10.1 Å². The summed E-state index contributed by atoms with van der Waals surface area (Å²) in [4.78, 5) is 29.7. The summed E-state index contributed by atoms with van der Waals surface area (Å²) < 4.78 is 16.3. The first kappa shape index (κ1) is 26.9. The Morgan fingerprint density at radius 1 is 0.950 bits per heavy atom. The van der Waals surface area contributed by atoms with E-state index in [-0.39, 0.29) is 12.3 Å². The molecule has 2 amide bonds. The van der Waals surface area contributed by atoms with E-state index in [0.717, 1.165) is 50.3 Å². The molecular formula is C32H31N3O5. The van der Waals surface area contributed by atoms with Crippen molar-refractivity contribution in [2.45, 2.75) is 26.9 Å². The third-order valence-corrected chi connectivity index (χ3v) is 7.03. The van der Waals surface area contributed by atoms with Gasteiger partial charge in [-0.1, -0.05) is 48.5 Å². The highest BCUT2D eigenvalue weighted by Crippen LogP contribution is 2.47. The lowest BCUT2D eigenvalue weighted by molar-refractivity contribution is 0.0994. The van der Waals surface area contributed by atoms with Gasteiger partial charge >= 0.3 is 6.09 Å². The summed E-state index contributed by atoms with van der Waals surface area (Å²) in [5, 5.41) is 2.88. The van der Waals surface area contributed by atoms with Gasteiger partial charge in [-0.05, 0) is 71.0 Å². The molecule has 0 saturated carbocycles. The van der Waals surface area contributed by atoms with Crippen molar-refractivity contribution in [3.8, 4) is 28.0 Å². The van der Waals surface area contributed by atoms with Crippen LogP contribution in [0.5, 0.6) is 5.75 Å². The maximum atomic E-state index is 12.6. The van der Waals surface area contributed by atoms with E-state index in [1.54, 1.807) is 7.11 Å². The number of carbonyl (C=O) groups is 2. The molecule has 0 fully saturated rings. The van der Waals surface area contributed by atoms with E-state index >= 15 is 0 Å². The third-order valence-electron chi connectivity index (χ3n) is 7.03. The van der Waals surface area contributed by atoms with E-state index in [1.807, 2.05) is 80.6 Å². The summed E-state index contributed by atoms with van der Waals surface area (Å²) in [6, 6.07) is 21.1. The van der Waals surface area contributed by atoms with Gasteiger partial charge in [-0.15, -0.1) is 0 Å². The Bertz CT molecular complexity index is 1580. The monoisotopic (exact) mass is 537 g/mol. The molecule has 0 aliphatic heterocycles. The van der Waals surface area contributed by atoms with Crippen molar-refractivity contribution in [2.75, 3.05) is 25.6 Å². The van der Waals surface area contributed by atoms with Gasteiger partial charge in [0.15, 0.2) is 0 Å². The minimum absolute atomic E-state index is 0.171. The number of aromatic nitrogens is 1. The van der Waals surface area contributed by atoms with Gasteiger partial charge in [-0.25, -0.2) is 9.78 Å². The molecule has 3 N–H and O–H groups in total. The molecule has 0 radical (unpaired) electrons. The number of hydrogen-bond donors (Lipinski definition) is 2. The zero-order chi connectivity index (χ0) is 28.2. The zero-order valence-corrected chi connectivity index (χ0v) is 22.7. The van der Waals surface area contributed by atoms with Crippen LogP contribution in [-0.2, 0) is 22.5 Å².